The molecule has 1 unspecified atom stereocenters. The minimum absolute atomic E-state index is 0.0276. The number of nitrogens with one attached hydrogen (secondary N) is 5. The van der Waals surface area contributed by atoms with Crippen molar-refractivity contribution in [3.05, 3.63) is 115 Å². The van der Waals surface area contributed by atoms with Crippen molar-refractivity contribution in [2.24, 2.45) is 0 Å². The lowest BCUT2D eigenvalue weighted by molar-refractivity contribution is 0.0687. The maximum absolute atomic E-state index is 13.2. The van der Waals surface area contributed by atoms with Crippen LogP contribution < -0.4 is 26.6 Å². The summed E-state index contributed by atoms with van der Waals surface area (Å²) in [6.07, 6.45) is 10.1. The molecule has 0 spiro atoms. The van der Waals surface area contributed by atoms with E-state index in [2.05, 4.69) is 51.5 Å². The zero-order valence-electron chi connectivity index (χ0n) is 36.4. The molecule has 4 amide bonds. The molecule has 2 aromatic carbocycles. The van der Waals surface area contributed by atoms with E-state index in [0.717, 1.165) is 48.5 Å². The first kappa shape index (κ1) is 45.7. The van der Waals surface area contributed by atoms with Crippen molar-refractivity contribution in [3.63, 3.8) is 0 Å². The van der Waals surface area contributed by atoms with Gasteiger partial charge in [0.2, 0.25) is 0 Å². The lowest BCUT2D eigenvalue weighted by Gasteiger charge is -2.15. The largest absolute Gasteiger partial charge is 0.395 e. The van der Waals surface area contributed by atoms with Crippen LogP contribution in [0.2, 0.25) is 0 Å². The van der Waals surface area contributed by atoms with Crippen molar-refractivity contribution in [1.82, 2.24) is 50.8 Å². The molecule has 8 rings (SSSR count). The van der Waals surface area contributed by atoms with Gasteiger partial charge in [-0.25, -0.2) is 29.5 Å². The molecule has 66 heavy (non-hydrogen) atoms. The number of aliphatic hydroxyl groups excluding tert-OH is 2. The van der Waals surface area contributed by atoms with Crippen LogP contribution in [0.15, 0.2) is 97.8 Å². The summed E-state index contributed by atoms with van der Waals surface area (Å²) in [6, 6.07) is 18.5. The summed E-state index contributed by atoms with van der Waals surface area (Å²) >= 11 is 2.69. The Hall–Kier alpha value is -6.87. The molecule has 19 heteroatoms. The Morgan fingerprint density at radius 3 is 2.05 bits per heavy atom. The zero-order chi connectivity index (χ0) is 46.2. The molecular weight excluding hydrogens is 877 g/mol. The van der Waals surface area contributed by atoms with Crippen molar-refractivity contribution >= 4 is 65.4 Å². The number of aliphatic hydroxyl groups is 3. The molecule has 0 radical (unpaired) electrons. The van der Waals surface area contributed by atoms with Crippen molar-refractivity contribution < 1.29 is 24.9 Å². The Labute approximate surface area is 387 Å². The third kappa shape index (κ3) is 11.0. The molecule has 17 nitrogen and oxygen atoms in total. The van der Waals surface area contributed by atoms with Gasteiger partial charge in [0.05, 0.1) is 44.5 Å². The minimum atomic E-state index is -1.20. The maximum atomic E-state index is 13.2. The van der Waals surface area contributed by atoms with Crippen LogP contribution in [0, 0.1) is 0 Å². The monoisotopic (exact) mass is 924 g/mol. The first-order chi connectivity index (χ1) is 31.9. The lowest BCUT2D eigenvalue weighted by atomic mass is 9.99. The van der Waals surface area contributed by atoms with Crippen LogP contribution in [0.25, 0.3) is 65.2 Å². The number of aromatic nitrogens is 7. The highest BCUT2D eigenvalue weighted by Gasteiger charge is 2.21. The number of thiazole rings is 2. The maximum Gasteiger partial charge on any atom is 0.321 e. The second-order valence-electron chi connectivity index (χ2n) is 15.8. The van der Waals surface area contributed by atoms with Gasteiger partial charge < -0.3 is 31.3 Å². The van der Waals surface area contributed by atoms with Gasteiger partial charge in [0.1, 0.15) is 5.60 Å². The number of amides is 4. The van der Waals surface area contributed by atoms with Gasteiger partial charge in [-0.2, -0.15) is 0 Å². The topological polar surface area (TPSA) is 245 Å². The summed E-state index contributed by atoms with van der Waals surface area (Å²) in [5.41, 5.74) is 7.92. The number of urea groups is 2. The molecule has 0 aliphatic rings. The first-order valence-electron chi connectivity index (χ1n) is 21.3. The Balaban J connectivity index is 0.946. The lowest BCUT2D eigenvalue weighted by Crippen LogP contribution is -2.29. The highest BCUT2D eigenvalue weighted by Crippen LogP contribution is 2.40. The highest BCUT2D eigenvalue weighted by atomic mass is 32.1. The van der Waals surface area contributed by atoms with Crippen LogP contribution in [-0.4, -0.2) is 88.5 Å². The van der Waals surface area contributed by atoms with Gasteiger partial charge in [-0.3, -0.25) is 25.6 Å². The predicted octanol–water partition coefficient (Wildman–Crippen LogP) is 7.64. The van der Waals surface area contributed by atoms with Gasteiger partial charge in [-0.05, 0) is 110 Å². The number of fused-ring (bicyclic) bond motifs is 2. The summed E-state index contributed by atoms with van der Waals surface area (Å²) < 4.78 is 1.68. The van der Waals surface area contributed by atoms with Gasteiger partial charge in [0.15, 0.2) is 16.1 Å². The molecule has 338 valence electrons. The van der Waals surface area contributed by atoms with Crippen LogP contribution in [0.5, 0.6) is 0 Å². The van der Waals surface area contributed by atoms with Gasteiger partial charge in [-0.1, -0.05) is 28.7 Å². The fourth-order valence-electron chi connectivity index (χ4n) is 7.15. The van der Waals surface area contributed by atoms with Crippen molar-refractivity contribution in [3.8, 4) is 44.8 Å². The number of anilines is 2. The Kier molecular flexibility index (Phi) is 14.2. The van der Waals surface area contributed by atoms with Gasteiger partial charge in [0.25, 0.3) is 0 Å². The Bertz CT molecular complexity index is 2980. The number of hydrogen-bond donors (Lipinski definition) is 8. The molecule has 0 bridgehead atoms. The molecule has 8 aromatic rings. The SMILES string of the molecule is CCNC(=O)Nc1nc2cc(-c3cncc(C(O)CCCNC(=O)Nc4nc5cc(-c6cnc(C(C)(C)O)nc6)cc(-c6cc(CNCCO)ccn6)c5s4)c3)cc(-c3ccccn3)c2s1. The quantitative estimate of drug-likeness (QED) is 0.0410. The van der Waals surface area contributed by atoms with E-state index in [0.29, 0.717) is 83.0 Å². The number of carbonyl (C=O) groups excluding carboxylic acids is 2. The number of carbonyl (C=O) groups is 2. The molecule has 0 aliphatic heterocycles. The predicted molar refractivity (Wildman–Crippen MR) is 258 cm³/mol. The third-order valence-electron chi connectivity index (χ3n) is 10.4. The van der Waals surface area contributed by atoms with Crippen molar-refractivity contribution in [1.29, 1.82) is 0 Å². The fraction of sp³-hybridized carbons (Fsp3) is 0.255. The molecular formula is C47H48N12O5S2. The fourth-order valence-corrected chi connectivity index (χ4v) is 9.08. The van der Waals surface area contributed by atoms with E-state index < -0.39 is 17.7 Å². The van der Waals surface area contributed by atoms with Crippen LogP contribution in [0.3, 0.4) is 0 Å². The Morgan fingerprint density at radius 2 is 1.39 bits per heavy atom. The second kappa shape index (κ2) is 20.5. The zero-order valence-corrected chi connectivity index (χ0v) is 38.0. The summed E-state index contributed by atoms with van der Waals surface area (Å²) in [5.74, 6) is 0.297. The molecule has 0 saturated carbocycles. The van der Waals surface area contributed by atoms with Gasteiger partial charge >= 0.3 is 12.1 Å². The van der Waals surface area contributed by atoms with Crippen LogP contribution in [0.4, 0.5) is 19.9 Å². The second-order valence-corrected chi connectivity index (χ2v) is 17.8. The molecule has 0 aliphatic carbocycles. The molecule has 6 heterocycles. The average molecular weight is 925 g/mol. The van der Waals surface area contributed by atoms with E-state index in [9.17, 15) is 24.9 Å². The number of pyridine rings is 3. The van der Waals surface area contributed by atoms with Crippen LogP contribution in [0.1, 0.15) is 56.7 Å². The van der Waals surface area contributed by atoms with Crippen LogP contribution >= 0.6 is 22.7 Å². The van der Waals surface area contributed by atoms with Crippen LogP contribution in [-0.2, 0) is 12.1 Å². The molecule has 1 atom stereocenters. The molecule has 6 aromatic heterocycles. The summed E-state index contributed by atoms with van der Waals surface area (Å²) in [4.78, 5) is 57.5. The van der Waals surface area contributed by atoms with E-state index in [1.54, 1.807) is 51.0 Å². The van der Waals surface area contributed by atoms with Gasteiger partial charge in [-0.15, -0.1) is 0 Å². The number of benzene rings is 2. The van der Waals surface area contributed by atoms with Crippen molar-refractivity contribution in [2.75, 3.05) is 36.9 Å². The van der Waals surface area contributed by atoms with E-state index in [1.165, 1.54) is 22.7 Å². The van der Waals surface area contributed by atoms with E-state index in [-0.39, 0.29) is 12.6 Å². The van der Waals surface area contributed by atoms with Crippen molar-refractivity contribution in [2.45, 2.75) is 51.9 Å². The smallest absolute Gasteiger partial charge is 0.321 e. The number of nitrogens with zero attached hydrogens (tertiary/aromatic N) is 7. The number of hydrogen-bond acceptors (Lipinski definition) is 15. The summed E-state index contributed by atoms with van der Waals surface area (Å²) in [5, 5.41) is 46.3. The van der Waals surface area contributed by atoms with E-state index >= 15 is 0 Å². The summed E-state index contributed by atoms with van der Waals surface area (Å²) in [7, 11) is 0. The van der Waals surface area contributed by atoms with E-state index in [4.69, 9.17) is 9.97 Å². The summed E-state index contributed by atoms with van der Waals surface area (Å²) in [6.45, 7) is 6.90. The standard InChI is InChI=1S/C47H48N12O5S2/c1-4-50-43(62)58-45-56-37-20-28(18-33(40(37)65-45)35-8-5-6-11-51-35)30-17-31(24-49-23-30)39(61)9-7-12-53-44(63)59-46-57-38-21-29(32-25-54-42(55-26-32)47(2,3)64)19-34(41(38)66-46)36-16-27(10-13-52-36)22-48-14-15-60/h5-6,8,10-11,13,16-21,23-26,39,48,60-61,64H,4,7,9,12,14-15,22H2,1-3H3,(H2,50,56,58,62)(H2,53,57,59,63). The molecule has 8 N–H and O–H groups in total. The number of rotatable bonds is 17. The van der Waals surface area contributed by atoms with Gasteiger partial charge in [0, 0.05) is 85.6 Å². The highest BCUT2D eigenvalue weighted by molar-refractivity contribution is 7.23. The third-order valence-corrected chi connectivity index (χ3v) is 12.4. The van der Waals surface area contributed by atoms with E-state index in [1.807, 2.05) is 67.6 Å². The molecule has 0 fully saturated rings. The Morgan fingerprint density at radius 1 is 0.727 bits per heavy atom. The molecule has 0 saturated heterocycles. The normalized spacial score (nSPS) is 12.0. The first-order valence-corrected chi connectivity index (χ1v) is 22.9. The minimum Gasteiger partial charge on any atom is -0.395 e. The average Bonchev–Trinajstić information content (AvgIpc) is 3.93.